The molecule has 1 aromatic heterocycles. The molecule has 0 saturated heterocycles. The maximum Gasteiger partial charge on any atom is 0.172 e. The first-order valence-electron chi connectivity index (χ1n) is 6.67. The number of rotatable bonds is 3. The summed E-state index contributed by atoms with van der Waals surface area (Å²) >= 11 is 8.49. The Kier molecular flexibility index (Phi) is 4.35. The van der Waals surface area contributed by atoms with Crippen LogP contribution in [0.15, 0.2) is 41.0 Å². The number of thiocarbonyl (C=S) groups is 1. The Labute approximate surface area is 140 Å². The highest BCUT2D eigenvalue weighted by molar-refractivity contribution is 9.10. The van der Waals surface area contributed by atoms with Crippen LogP contribution in [0.5, 0.6) is 0 Å². The summed E-state index contributed by atoms with van der Waals surface area (Å²) in [7, 11) is 0. The van der Waals surface area contributed by atoms with Crippen LogP contribution in [0.1, 0.15) is 17.9 Å². The van der Waals surface area contributed by atoms with E-state index in [0.717, 1.165) is 4.47 Å². The van der Waals surface area contributed by atoms with Crippen molar-refractivity contribution in [3.63, 3.8) is 0 Å². The summed E-state index contributed by atoms with van der Waals surface area (Å²) < 4.78 is 28.3. The highest BCUT2D eigenvalue weighted by Gasteiger charge is 2.42. The molecule has 0 spiro atoms. The van der Waals surface area contributed by atoms with Crippen molar-refractivity contribution in [2.45, 2.75) is 18.4 Å². The maximum absolute atomic E-state index is 13.7. The Morgan fingerprint density at radius 3 is 2.59 bits per heavy atom. The first kappa shape index (κ1) is 15.3. The molecule has 1 fully saturated rings. The lowest BCUT2D eigenvalue weighted by Crippen LogP contribution is -2.31. The molecule has 1 saturated carbocycles. The minimum Gasteiger partial charge on any atom is -0.359 e. The molecule has 7 heteroatoms. The van der Waals surface area contributed by atoms with Crippen molar-refractivity contribution >= 4 is 39.1 Å². The predicted molar refractivity (Wildman–Crippen MR) is 88.8 cm³/mol. The molecule has 0 radical (unpaired) electrons. The smallest absolute Gasteiger partial charge is 0.172 e. The van der Waals surface area contributed by atoms with Gasteiger partial charge in [0.05, 0.1) is 0 Å². The van der Waals surface area contributed by atoms with Gasteiger partial charge >= 0.3 is 0 Å². The van der Waals surface area contributed by atoms with Gasteiger partial charge in [0.25, 0.3) is 0 Å². The fourth-order valence-corrected chi connectivity index (χ4v) is 2.80. The van der Waals surface area contributed by atoms with Crippen LogP contribution in [0.3, 0.4) is 0 Å². The zero-order valence-corrected chi connectivity index (χ0v) is 13.7. The number of aromatic nitrogens is 1. The molecule has 2 atom stereocenters. The summed E-state index contributed by atoms with van der Waals surface area (Å²) in [6.07, 6.45) is 2.30. The second-order valence-corrected chi connectivity index (χ2v) is 6.37. The highest BCUT2D eigenvalue weighted by atomic mass is 79.9. The summed E-state index contributed by atoms with van der Waals surface area (Å²) in [5.74, 6) is -0.612. The van der Waals surface area contributed by atoms with E-state index in [0.29, 0.717) is 17.4 Å². The topological polar surface area (TPSA) is 37.0 Å². The molecular weight excluding hydrogens is 372 g/mol. The molecule has 0 bridgehead atoms. The summed E-state index contributed by atoms with van der Waals surface area (Å²) in [5, 5.41) is 6.39. The maximum atomic E-state index is 13.7. The SMILES string of the molecule is Fc1cccc(F)c1C1CC1NC(=S)Nc1ccc(Br)cn1. The van der Waals surface area contributed by atoms with E-state index in [1.54, 1.807) is 12.3 Å². The first-order valence-corrected chi connectivity index (χ1v) is 7.87. The van der Waals surface area contributed by atoms with Crippen molar-refractivity contribution in [1.82, 2.24) is 10.3 Å². The van der Waals surface area contributed by atoms with E-state index >= 15 is 0 Å². The lowest BCUT2D eigenvalue weighted by molar-refractivity contribution is 0.554. The fourth-order valence-electron chi connectivity index (χ4n) is 2.31. The van der Waals surface area contributed by atoms with E-state index in [4.69, 9.17) is 12.2 Å². The lowest BCUT2D eigenvalue weighted by Gasteiger charge is -2.10. The van der Waals surface area contributed by atoms with E-state index in [-0.39, 0.29) is 17.5 Å². The van der Waals surface area contributed by atoms with Crippen LogP contribution >= 0.6 is 28.1 Å². The third-order valence-electron chi connectivity index (χ3n) is 3.45. The molecular formula is C15H12BrF2N3S. The number of anilines is 1. The Bertz CT molecular complexity index is 688. The van der Waals surface area contributed by atoms with Crippen molar-refractivity contribution < 1.29 is 8.78 Å². The van der Waals surface area contributed by atoms with Crippen LogP contribution in [-0.4, -0.2) is 16.1 Å². The monoisotopic (exact) mass is 383 g/mol. The van der Waals surface area contributed by atoms with Crippen LogP contribution in [0.25, 0.3) is 0 Å². The van der Waals surface area contributed by atoms with Crippen molar-refractivity contribution in [3.8, 4) is 0 Å². The third kappa shape index (κ3) is 3.41. The molecule has 3 nitrogen and oxygen atoms in total. The van der Waals surface area contributed by atoms with Crippen LogP contribution in [0.2, 0.25) is 0 Å². The van der Waals surface area contributed by atoms with Gasteiger partial charge in [0.15, 0.2) is 5.11 Å². The summed E-state index contributed by atoms with van der Waals surface area (Å²) in [4.78, 5) is 4.15. The van der Waals surface area contributed by atoms with Gasteiger partial charge in [-0.2, -0.15) is 0 Å². The van der Waals surface area contributed by atoms with E-state index in [1.165, 1.54) is 18.2 Å². The number of pyridine rings is 1. The van der Waals surface area contributed by atoms with Gasteiger partial charge in [-0.05, 0) is 58.8 Å². The van der Waals surface area contributed by atoms with Gasteiger partial charge < -0.3 is 10.6 Å². The molecule has 0 aliphatic heterocycles. The van der Waals surface area contributed by atoms with Crippen LogP contribution < -0.4 is 10.6 Å². The number of halogens is 3. The molecule has 1 heterocycles. The van der Waals surface area contributed by atoms with Gasteiger partial charge in [0.2, 0.25) is 0 Å². The van der Waals surface area contributed by atoms with Gasteiger partial charge in [-0.25, -0.2) is 13.8 Å². The van der Waals surface area contributed by atoms with Gasteiger partial charge in [0, 0.05) is 28.2 Å². The van der Waals surface area contributed by atoms with Gasteiger partial charge in [0.1, 0.15) is 17.5 Å². The van der Waals surface area contributed by atoms with E-state index in [1.807, 2.05) is 6.07 Å². The molecule has 1 aliphatic rings. The predicted octanol–water partition coefficient (Wildman–Crippen LogP) is 3.96. The van der Waals surface area contributed by atoms with Crippen molar-refractivity contribution in [3.05, 3.63) is 58.2 Å². The summed E-state index contributed by atoms with van der Waals surface area (Å²) in [5.41, 5.74) is 0.129. The number of benzene rings is 1. The fraction of sp³-hybridized carbons (Fsp3) is 0.200. The number of nitrogens with one attached hydrogen (secondary N) is 2. The van der Waals surface area contributed by atoms with E-state index < -0.39 is 11.6 Å². The average Bonchev–Trinajstić information content (AvgIpc) is 3.20. The minimum absolute atomic E-state index is 0.0677. The third-order valence-corrected chi connectivity index (χ3v) is 4.14. The first-order chi connectivity index (χ1) is 10.5. The van der Waals surface area contributed by atoms with Crippen LogP contribution in [-0.2, 0) is 0 Å². The summed E-state index contributed by atoms with van der Waals surface area (Å²) in [6, 6.07) is 7.46. The molecule has 22 heavy (non-hydrogen) atoms. The van der Waals surface area contributed by atoms with Gasteiger partial charge in [-0.3, -0.25) is 0 Å². The number of hydrogen-bond donors (Lipinski definition) is 2. The van der Waals surface area contributed by atoms with E-state index in [2.05, 4.69) is 31.5 Å². The second-order valence-electron chi connectivity index (χ2n) is 5.04. The molecule has 3 rings (SSSR count). The van der Waals surface area contributed by atoms with Crippen molar-refractivity contribution in [2.75, 3.05) is 5.32 Å². The number of hydrogen-bond acceptors (Lipinski definition) is 2. The minimum atomic E-state index is -0.511. The molecule has 2 N–H and O–H groups in total. The molecule has 114 valence electrons. The molecule has 1 aliphatic carbocycles. The number of nitrogens with zero attached hydrogens (tertiary/aromatic N) is 1. The average molecular weight is 384 g/mol. The van der Waals surface area contributed by atoms with Gasteiger partial charge in [-0.15, -0.1) is 0 Å². The highest BCUT2D eigenvalue weighted by Crippen LogP contribution is 2.43. The Morgan fingerprint density at radius 1 is 1.23 bits per heavy atom. The largest absolute Gasteiger partial charge is 0.359 e. The van der Waals surface area contributed by atoms with Crippen molar-refractivity contribution in [1.29, 1.82) is 0 Å². The molecule has 2 unspecified atom stereocenters. The lowest BCUT2D eigenvalue weighted by atomic mass is 10.1. The Morgan fingerprint density at radius 2 is 1.95 bits per heavy atom. The Balaban J connectivity index is 1.59. The van der Waals surface area contributed by atoms with Crippen molar-refractivity contribution in [2.24, 2.45) is 0 Å². The molecule has 1 aromatic carbocycles. The quantitative estimate of drug-likeness (QED) is 0.786. The molecule has 2 aromatic rings. The van der Waals surface area contributed by atoms with Gasteiger partial charge in [-0.1, -0.05) is 6.07 Å². The van der Waals surface area contributed by atoms with Crippen LogP contribution in [0.4, 0.5) is 14.6 Å². The standard InChI is InChI=1S/C15H12BrF2N3S/c16-8-4-5-13(19-7-8)21-15(22)20-12-6-9(12)14-10(17)2-1-3-11(14)18/h1-5,7,9,12H,6H2,(H2,19,20,21,22). The van der Waals surface area contributed by atoms with Crippen LogP contribution in [0, 0.1) is 11.6 Å². The second kappa shape index (κ2) is 6.26. The Hall–Kier alpha value is -1.60. The normalized spacial score (nSPS) is 19.6. The molecule has 0 amide bonds. The zero-order chi connectivity index (χ0) is 15.7. The zero-order valence-electron chi connectivity index (χ0n) is 11.3. The summed E-state index contributed by atoms with van der Waals surface area (Å²) in [6.45, 7) is 0. The van der Waals surface area contributed by atoms with E-state index in [9.17, 15) is 8.78 Å².